The second-order valence-corrected chi connectivity index (χ2v) is 4.46. The predicted octanol–water partition coefficient (Wildman–Crippen LogP) is 5.08. The molecule has 0 aliphatic carbocycles. The van der Waals surface area contributed by atoms with Gasteiger partial charge in [-0.25, -0.2) is 0 Å². The van der Waals surface area contributed by atoms with Crippen LogP contribution in [0.5, 0.6) is 5.75 Å². The summed E-state index contributed by atoms with van der Waals surface area (Å²) in [6.07, 6.45) is -9.76. The molecule has 0 saturated carbocycles. The van der Waals surface area contributed by atoms with Crippen LogP contribution in [0.4, 0.5) is 26.3 Å². The maximum absolute atomic E-state index is 12.9. The van der Waals surface area contributed by atoms with Gasteiger partial charge in [0.15, 0.2) is 6.29 Å². The molecule has 2 nitrogen and oxygen atoms in total. The van der Waals surface area contributed by atoms with E-state index in [-0.39, 0.29) is 17.4 Å². The number of hydrogen-bond acceptors (Lipinski definition) is 2. The molecule has 0 aromatic heterocycles. The largest absolute Gasteiger partial charge is 0.573 e. The number of para-hydroxylation sites is 1. The summed E-state index contributed by atoms with van der Waals surface area (Å²) in [6, 6.07) is 7.44. The van der Waals surface area contributed by atoms with Crippen molar-refractivity contribution in [3.63, 3.8) is 0 Å². The van der Waals surface area contributed by atoms with E-state index in [9.17, 15) is 31.1 Å². The van der Waals surface area contributed by atoms with Gasteiger partial charge >= 0.3 is 12.5 Å². The van der Waals surface area contributed by atoms with Gasteiger partial charge in [-0.2, -0.15) is 13.2 Å². The Morgan fingerprint density at radius 1 is 0.913 bits per heavy atom. The molecule has 0 aliphatic heterocycles. The molecule has 0 bridgehead atoms. The van der Waals surface area contributed by atoms with Crippen molar-refractivity contribution >= 4 is 6.29 Å². The zero-order valence-electron chi connectivity index (χ0n) is 11.2. The van der Waals surface area contributed by atoms with Crippen molar-refractivity contribution in [2.45, 2.75) is 12.5 Å². The monoisotopic (exact) mass is 334 g/mol. The van der Waals surface area contributed by atoms with Crippen LogP contribution in [-0.2, 0) is 6.18 Å². The molecule has 0 saturated heterocycles. The van der Waals surface area contributed by atoms with Crippen molar-refractivity contribution < 1.29 is 35.9 Å². The quantitative estimate of drug-likeness (QED) is 0.578. The van der Waals surface area contributed by atoms with E-state index in [2.05, 4.69) is 4.74 Å². The molecule has 2 rings (SSSR count). The number of alkyl halides is 6. The van der Waals surface area contributed by atoms with Gasteiger partial charge in [-0.1, -0.05) is 30.3 Å². The highest BCUT2D eigenvalue weighted by molar-refractivity contribution is 5.81. The summed E-state index contributed by atoms with van der Waals surface area (Å²) in [4.78, 5) is 10.7. The first-order chi connectivity index (χ1) is 10.6. The molecule has 0 radical (unpaired) electrons. The third kappa shape index (κ3) is 4.02. The lowest BCUT2D eigenvalue weighted by molar-refractivity contribution is -0.274. The second kappa shape index (κ2) is 5.94. The summed E-state index contributed by atoms with van der Waals surface area (Å²) in [6.45, 7) is 0. The van der Waals surface area contributed by atoms with Crippen LogP contribution in [0.25, 0.3) is 11.1 Å². The number of hydrogen-bond donors (Lipinski definition) is 0. The van der Waals surface area contributed by atoms with E-state index < -0.39 is 29.4 Å². The summed E-state index contributed by atoms with van der Waals surface area (Å²) in [5.74, 6) is -0.632. The van der Waals surface area contributed by atoms with Crippen LogP contribution in [0.15, 0.2) is 42.5 Å². The lowest BCUT2D eigenvalue weighted by atomic mass is 9.98. The summed E-state index contributed by atoms with van der Waals surface area (Å²) >= 11 is 0. The maximum Gasteiger partial charge on any atom is 0.573 e. The number of halogens is 6. The van der Waals surface area contributed by atoms with Crippen molar-refractivity contribution in [3.05, 3.63) is 53.6 Å². The molecule has 2 aromatic carbocycles. The minimum Gasteiger partial charge on any atom is -0.405 e. The molecule has 0 unspecified atom stereocenters. The summed E-state index contributed by atoms with van der Waals surface area (Å²) < 4.78 is 79.7. The van der Waals surface area contributed by atoms with Crippen molar-refractivity contribution in [1.29, 1.82) is 0 Å². The van der Waals surface area contributed by atoms with Gasteiger partial charge < -0.3 is 4.74 Å². The van der Waals surface area contributed by atoms with Gasteiger partial charge in [-0.15, -0.1) is 13.2 Å². The Bertz CT molecular complexity index is 719. The third-order valence-electron chi connectivity index (χ3n) is 2.91. The van der Waals surface area contributed by atoms with Crippen LogP contribution >= 0.6 is 0 Å². The van der Waals surface area contributed by atoms with E-state index in [0.29, 0.717) is 6.07 Å². The van der Waals surface area contributed by atoms with Crippen LogP contribution in [0.2, 0.25) is 0 Å². The minimum absolute atomic E-state index is 0.0325. The van der Waals surface area contributed by atoms with E-state index in [1.54, 1.807) is 0 Å². The van der Waals surface area contributed by atoms with Gasteiger partial charge in [0.2, 0.25) is 0 Å². The third-order valence-corrected chi connectivity index (χ3v) is 2.91. The van der Waals surface area contributed by atoms with Gasteiger partial charge in [0.1, 0.15) is 5.75 Å². The average Bonchev–Trinajstić information content (AvgIpc) is 2.44. The molecule has 0 aliphatic rings. The van der Waals surface area contributed by atoms with Crippen LogP contribution in [0, 0.1) is 0 Å². The molecule has 0 amide bonds. The van der Waals surface area contributed by atoms with Crippen molar-refractivity contribution in [2.24, 2.45) is 0 Å². The summed E-state index contributed by atoms with van der Waals surface area (Å²) in [5.41, 5.74) is -2.15. The van der Waals surface area contributed by atoms with Gasteiger partial charge in [0.25, 0.3) is 0 Å². The number of carbonyl (C=O) groups is 1. The van der Waals surface area contributed by atoms with Crippen molar-refractivity contribution in [3.8, 4) is 16.9 Å². The number of rotatable bonds is 3. The van der Waals surface area contributed by atoms with Gasteiger partial charge in [0.05, 0.1) is 5.56 Å². The fourth-order valence-corrected chi connectivity index (χ4v) is 1.99. The van der Waals surface area contributed by atoms with E-state index in [4.69, 9.17) is 0 Å². The molecule has 0 atom stereocenters. The van der Waals surface area contributed by atoms with Gasteiger partial charge in [-0.05, 0) is 17.7 Å². The minimum atomic E-state index is -4.98. The average molecular weight is 334 g/mol. The summed E-state index contributed by atoms with van der Waals surface area (Å²) in [7, 11) is 0. The highest BCUT2D eigenvalue weighted by Crippen LogP contribution is 2.38. The lowest BCUT2D eigenvalue weighted by Gasteiger charge is -2.15. The standard InChI is InChI=1S/C15H8F6O2/c16-14(17,18)12-7-9(5-6-10(12)8-22)11-3-1-2-4-13(11)23-15(19,20)21/h1-8H. The SMILES string of the molecule is O=Cc1ccc(-c2ccccc2OC(F)(F)F)cc1C(F)(F)F. The lowest BCUT2D eigenvalue weighted by Crippen LogP contribution is -2.17. The highest BCUT2D eigenvalue weighted by Gasteiger charge is 2.35. The Labute approximate surface area is 126 Å². The molecule has 0 spiro atoms. The van der Waals surface area contributed by atoms with E-state index in [1.165, 1.54) is 18.2 Å². The molecule has 0 N–H and O–H groups in total. The fourth-order valence-electron chi connectivity index (χ4n) is 1.99. The Balaban J connectivity index is 2.58. The van der Waals surface area contributed by atoms with Crippen LogP contribution in [0.3, 0.4) is 0 Å². The molecule has 0 heterocycles. The van der Waals surface area contributed by atoms with Gasteiger partial charge in [-0.3, -0.25) is 4.79 Å². The zero-order chi connectivity index (χ0) is 17.3. The molecule has 2 aromatic rings. The molecular weight excluding hydrogens is 326 g/mol. The Hall–Kier alpha value is -2.51. The number of aldehydes is 1. The van der Waals surface area contributed by atoms with E-state index in [1.807, 2.05) is 0 Å². The summed E-state index contributed by atoms with van der Waals surface area (Å²) in [5, 5.41) is 0. The number of ether oxygens (including phenoxy) is 1. The van der Waals surface area contributed by atoms with Crippen LogP contribution in [0.1, 0.15) is 15.9 Å². The molecular formula is C15H8F6O2. The molecule has 23 heavy (non-hydrogen) atoms. The Morgan fingerprint density at radius 2 is 1.57 bits per heavy atom. The molecule has 122 valence electrons. The van der Waals surface area contributed by atoms with Crippen molar-refractivity contribution in [1.82, 2.24) is 0 Å². The van der Waals surface area contributed by atoms with Crippen molar-refractivity contribution in [2.75, 3.05) is 0 Å². The Morgan fingerprint density at radius 3 is 2.13 bits per heavy atom. The Kier molecular flexibility index (Phi) is 4.35. The predicted molar refractivity (Wildman–Crippen MR) is 69.0 cm³/mol. The zero-order valence-corrected chi connectivity index (χ0v) is 11.2. The maximum atomic E-state index is 12.9. The van der Waals surface area contributed by atoms with Gasteiger partial charge in [0, 0.05) is 11.1 Å². The smallest absolute Gasteiger partial charge is 0.405 e. The molecule has 0 fully saturated rings. The van der Waals surface area contributed by atoms with E-state index >= 15 is 0 Å². The number of carbonyl (C=O) groups excluding carboxylic acids is 1. The number of benzene rings is 2. The fraction of sp³-hybridized carbons (Fsp3) is 0.133. The second-order valence-electron chi connectivity index (χ2n) is 4.46. The molecule has 8 heteroatoms. The first kappa shape index (κ1) is 16.9. The highest BCUT2D eigenvalue weighted by atomic mass is 19.4. The van der Waals surface area contributed by atoms with E-state index in [0.717, 1.165) is 18.2 Å². The first-order valence-corrected chi connectivity index (χ1v) is 6.13. The topological polar surface area (TPSA) is 26.3 Å². The van der Waals surface area contributed by atoms with Crippen LogP contribution < -0.4 is 4.74 Å². The normalized spacial score (nSPS) is 12.1. The first-order valence-electron chi connectivity index (χ1n) is 6.13. The van der Waals surface area contributed by atoms with Crippen LogP contribution in [-0.4, -0.2) is 12.6 Å².